The Morgan fingerprint density at radius 2 is 1.89 bits per heavy atom. The van der Waals surface area contributed by atoms with Gasteiger partial charge in [-0.1, -0.05) is 13.3 Å². The molecule has 2 fully saturated rings. The average Bonchev–Trinajstić information content (AvgIpc) is 2.37. The van der Waals surface area contributed by atoms with Gasteiger partial charge in [0.15, 0.2) is 0 Å². The van der Waals surface area contributed by atoms with Crippen LogP contribution < -0.4 is 10.6 Å². The largest absolute Gasteiger partial charge is 0.356 e. The molecule has 108 valence electrons. The monoisotopic (exact) mass is 267 g/mol. The molecule has 0 bridgehead atoms. The van der Waals surface area contributed by atoms with E-state index in [1.54, 1.807) is 0 Å². The van der Waals surface area contributed by atoms with Crippen molar-refractivity contribution >= 4 is 11.8 Å². The van der Waals surface area contributed by atoms with Crippen LogP contribution in [0.25, 0.3) is 0 Å². The summed E-state index contributed by atoms with van der Waals surface area (Å²) in [6, 6.07) is 0. The number of likely N-dealkylation sites (tertiary alicyclic amines) is 1. The molecule has 0 saturated carbocycles. The van der Waals surface area contributed by atoms with Crippen LogP contribution in [0.1, 0.15) is 32.6 Å². The third-order valence-corrected chi connectivity index (χ3v) is 4.14. The standard InChI is InChI=1S/C14H25N3O2/c1-2-3-6-16-13(18)11-4-7-17(8-5-11)14(19)12-9-15-10-12/h11-12,15H,2-10H2,1H3,(H,16,18). The first kappa shape index (κ1) is 14.3. The fourth-order valence-corrected chi connectivity index (χ4v) is 2.62. The molecule has 2 aliphatic heterocycles. The molecule has 0 atom stereocenters. The van der Waals surface area contributed by atoms with Crippen molar-refractivity contribution in [2.75, 3.05) is 32.7 Å². The van der Waals surface area contributed by atoms with Crippen molar-refractivity contribution in [2.45, 2.75) is 32.6 Å². The molecule has 2 N–H and O–H groups in total. The number of nitrogens with one attached hydrogen (secondary N) is 2. The first-order valence-electron chi connectivity index (χ1n) is 7.49. The van der Waals surface area contributed by atoms with Crippen molar-refractivity contribution in [2.24, 2.45) is 11.8 Å². The number of nitrogens with zero attached hydrogens (tertiary/aromatic N) is 1. The molecule has 2 heterocycles. The zero-order chi connectivity index (χ0) is 13.7. The highest BCUT2D eigenvalue weighted by atomic mass is 16.2. The van der Waals surface area contributed by atoms with Gasteiger partial charge in [0.1, 0.15) is 0 Å². The third kappa shape index (κ3) is 3.69. The molecule has 0 aliphatic carbocycles. The van der Waals surface area contributed by atoms with Gasteiger partial charge in [-0.05, 0) is 19.3 Å². The minimum absolute atomic E-state index is 0.0976. The van der Waals surface area contributed by atoms with Gasteiger partial charge < -0.3 is 15.5 Å². The number of amides is 2. The highest BCUT2D eigenvalue weighted by Gasteiger charge is 2.32. The second kappa shape index (κ2) is 6.89. The maximum atomic E-state index is 12.1. The molecule has 0 aromatic rings. The minimum atomic E-state index is 0.0976. The van der Waals surface area contributed by atoms with Crippen LogP contribution in [0.2, 0.25) is 0 Å². The van der Waals surface area contributed by atoms with E-state index in [0.717, 1.165) is 58.4 Å². The summed E-state index contributed by atoms with van der Waals surface area (Å²) in [5, 5.41) is 6.12. The molecular formula is C14H25N3O2. The Hall–Kier alpha value is -1.10. The third-order valence-electron chi connectivity index (χ3n) is 4.14. The van der Waals surface area contributed by atoms with E-state index in [9.17, 15) is 9.59 Å². The fraction of sp³-hybridized carbons (Fsp3) is 0.857. The lowest BCUT2D eigenvalue weighted by Gasteiger charge is -2.36. The highest BCUT2D eigenvalue weighted by molar-refractivity contribution is 5.81. The van der Waals surface area contributed by atoms with Gasteiger partial charge in [0, 0.05) is 38.6 Å². The predicted molar refractivity (Wildman–Crippen MR) is 73.6 cm³/mol. The smallest absolute Gasteiger partial charge is 0.228 e. The summed E-state index contributed by atoms with van der Waals surface area (Å²) in [6.45, 7) is 6.00. The molecule has 0 aromatic heterocycles. The summed E-state index contributed by atoms with van der Waals surface area (Å²) in [5.74, 6) is 0.713. The highest BCUT2D eigenvalue weighted by Crippen LogP contribution is 2.20. The summed E-state index contributed by atoms with van der Waals surface area (Å²) in [7, 11) is 0. The first-order valence-corrected chi connectivity index (χ1v) is 7.49. The Morgan fingerprint density at radius 3 is 2.42 bits per heavy atom. The molecule has 5 heteroatoms. The van der Waals surface area contributed by atoms with Crippen molar-refractivity contribution in [3.8, 4) is 0 Å². The fourth-order valence-electron chi connectivity index (χ4n) is 2.62. The van der Waals surface area contributed by atoms with E-state index in [2.05, 4.69) is 17.6 Å². The van der Waals surface area contributed by atoms with Crippen LogP contribution in [0.4, 0.5) is 0 Å². The molecule has 2 rings (SSSR count). The van der Waals surface area contributed by atoms with Crippen molar-refractivity contribution < 1.29 is 9.59 Å². The molecule has 19 heavy (non-hydrogen) atoms. The number of rotatable bonds is 5. The Bertz CT molecular complexity index is 321. The van der Waals surface area contributed by atoms with Gasteiger partial charge in [-0.15, -0.1) is 0 Å². The molecule has 0 radical (unpaired) electrons. The number of carbonyl (C=O) groups excluding carboxylic acids is 2. The van der Waals surface area contributed by atoms with Gasteiger partial charge in [0.25, 0.3) is 0 Å². The van der Waals surface area contributed by atoms with E-state index < -0.39 is 0 Å². The average molecular weight is 267 g/mol. The minimum Gasteiger partial charge on any atom is -0.356 e. The number of hydrogen-bond acceptors (Lipinski definition) is 3. The molecule has 2 aliphatic rings. The van der Waals surface area contributed by atoms with Crippen molar-refractivity contribution in [3.63, 3.8) is 0 Å². The number of piperidine rings is 1. The van der Waals surface area contributed by atoms with Gasteiger partial charge in [-0.25, -0.2) is 0 Å². The molecule has 2 amide bonds. The maximum Gasteiger partial charge on any atom is 0.228 e. The lowest BCUT2D eigenvalue weighted by molar-refractivity contribution is -0.140. The Labute approximate surface area is 115 Å². The zero-order valence-corrected chi connectivity index (χ0v) is 11.8. The topological polar surface area (TPSA) is 61.4 Å². The van der Waals surface area contributed by atoms with Crippen molar-refractivity contribution in [3.05, 3.63) is 0 Å². The normalized spacial score (nSPS) is 21.0. The van der Waals surface area contributed by atoms with Crippen LogP contribution in [-0.4, -0.2) is 49.4 Å². The Balaban J connectivity index is 1.69. The van der Waals surface area contributed by atoms with E-state index in [1.807, 2.05) is 4.90 Å². The Morgan fingerprint density at radius 1 is 1.21 bits per heavy atom. The summed E-state index contributed by atoms with van der Waals surface area (Å²) in [4.78, 5) is 25.9. The van der Waals surface area contributed by atoms with Crippen LogP contribution in [0.15, 0.2) is 0 Å². The van der Waals surface area contributed by atoms with E-state index in [1.165, 1.54) is 0 Å². The summed E-state index contributed by atoms with van der Waals surface area (Å²) < 4.78 is 0. The second-order valence-electron chi connectivity index (χ2n) is 5.60. The van der Waals surface area contributed by atoms with Crippen LogP contribution >= 0.6 is 0 Å². The Kier molecular flexibility index (Phi) is 5.19. The van der Waals surface area contributed by atoms with Gasteiger partial charge >= 0.3 is 0 Å². The quantitative estimate of drug-likeness (QED) is 0.707. The first-order chi connectivity index (χ1) is 9.22. The summed E-state index contributed by atoms with van der Waals surface area (Å²) in [5.41, 5.74) is 0. The number of hydrogen-bond donors (Lipinski definition) is 2. The molecule has 2 saturated heterocycles. The molecule has 5 nitrogen and oxygen atoms in total. The lowest BCUT2D eigenvalue weighted by Crippen LogP contribution is -2.54. The summed E-state index contributed by atoms with van der Waals surface area (Å²) in [6.07, 6.45) is 3.76. The molecule has 0 spiro atoms. The summed E-state index contributed by atoms with van der Waals surface area (Å²) >= 11 is 0. The van der Waals surface area contributed by atoms with Crippen LogP contribution in [-0.2, 0) is 9.59 Å². The number of carbonyl (C=O) groups is 2. The van der Waals surface area contributed by atoms with Crippen LogP contribution in [0.3, 0.4) is 0 Å². The molecule has 0 aromatic carbocycles. The van der Waals surface area contributed by atoms with Gasteiger partial charge in [0.05, 0.1) is 5.92 Å². The van der Waals surface area contributed by atoms with Crippen molar-refractivity contribution in [1.82, 2.24) is 15.5 Å². The maximum absolute atomic E-state index is 12.1. The number of unbranched alkanes of at least 4 members (excludes halogenated alkanes) is 1. The molecule has 0 unspecified atom stereocenters. The second-order valence-corrected chi connectivity index (χ2v) is 5.60. The lowest BCUT2D eigenvalue weighted by atomic mass is 9.93. The van der Waals surface area contributed by atoms with Crippen LogP contribution in [0, 0.1) is 11.8 Å². The van der Waals surface area contributed by atoms with Crippen molar-refractivity contribution in [1.29, 1.82) is 0 Å². The van der Waals surface area contributed by atoms with E-state index >= 15 is 0 Å². The van der Waals surface area contributed by atoms with E-state index in [4.69, 9.17) is 0 Å². The SMILES string of the molecule is CCCCNC(=O)C1CCN(C(=O)C2CNC2)CC1. The molecular weight excluding hydrogens is 242 g/mol. The zero-order valence-electron chi connectivity index (χ0n) is 11.8. The predicted octanol–water partition coefficient (Wildman–Crippen LogP) is 0.361. The van der Waals surface area contributed by atoms with Gasteiger partial charge in [-0.2, -0.15) is 0 Å². The van der Waals surface area contributed by atoms with E-state index in [-0.39, 0.29) is 23.7 Å². The van der Waals surface area contributed by atoms with Crippen LogP contribution in [0.5, 0.6) is 0 Å². The van der Waals surface area contributed by atoms with E-state index in [0.29, 0.717) is 0 Å². The van der Waals surface area contributed by atoms with Gasteiger partial charge in [0.2, 0.25) is 11.8 Å². The van der Waals surface area contributed by atoms with Gasteiger partial charge in [-0.3, -0.25) is 9.59 Å².